The van der Waals surface area contributed by atoms with Crippen LogP contribution in [-0.2, 0) is 11.2 Å². The first-order valence-corrected chi connectivity index (χ1v) is 8.56. The average Bonchev–Trinajstić information content (AvgIpc) is 2.63. The van der Waals surface area contributed by atoms with Crippen LogP contribution in [0.3, 0.4) is 0 Å². The Hall–Kier alpha value is -3.61. The van der Waals surface area contributed by atoms with Gasteiger partial charge in [0.25, 0.3) is 0 Å². The summed E-state index contributed by atoms with van der Waals surface area (Å²) < 4.78 is 0. The van der Waals surface area contributed by atoms with Crippen molar-refractivity contribution >= 4 is 40.0 Å². The van der Waals surface area contributed by atoms with Crippen LogP contribution in [0.2, 0.25) is 0 Å². The van der Waals surface area contributed by atoms with E-state index >= 15 is 0 Å². The van der Waals surface area contributed by atoms with Crippen LogP contribution in [0, 0.1) is 0 Å². The summed E-state index contributed by atoms with van der Waals surface area (Å²) in [4.78, 5) is 26.7. The molecule has 0 aliphatic heterocycles. The van der Waals surface area contributed by atoms with Crippen LogP contribution >= 0.6 is 0 Å². The average molecular weight is 364 g/mol. The van der Waals surface area contributed by atoms with Crippen molar-refractivity contribution < 1.29 is 14.7 Å². The number of urea groups is 1. The number of nitrogens with zero attached hydrogens (tertiary/aromatic N) is 1. The van der Waals surface area contributed by atoms with Crippen molar-refractivity contribution in [3.63, 3.8) is 0 Å². The molecule has 0 fully saturated rings. The van der Waals surface area contributed by atoms with Crippen LogP contribution in [0.1, 0.15) is 12.5 Å². The van der Waals surface area contributed by atoms with Gasteiger partial charge in [-0.3, -0.25) is 10.1 Å². The Morgan fingerprint density at radius 1 is 1.11 bits per heavy atom. The van der Waals surface area contributed by atoms with Crippen molar-refractivity contribution in [2.45, 2.75) is 13.3 Å². The molecule has 0 atom stereocenters. The van der Waals surface area contributed by atoms with Crippen molar-refractivity contribution in [1.29, 1.82) is 0 Å². The lowest BCUT2D eigenvalue weighted by Crippen LogP contribution is -2.28. The van der Waals surface area contributed by atoms with Gasteiger partial charge in [0.15, 0.2) is 0 Å². The Morgan fingerprint density at radius 2 is 1.89 bits per heavy atom. The number of hydrogen-bond donors (Lipinski definition) is 4. The second-order valence-corrected chi connectivity index (χ2v) is 5.97. The van der Waals surface area contributed by atoms with Crippen LogP contribution in [-0.4, -0.2) is 28.6 Å². The molecule has 0 saturated carbocycles. The zero-order chi connectivity index (χ0) is 19.2. The molecule has 0 saturated heterocycles. The zero-order valence-electron chi connectivity index (χ0n) is 14.8. The van der Waals surface area contributed by atoms with Gasteiger partial charge >= 0.3 is 12.0 Å². The fraction of sp³-hybridized carbons (Fsp3) is 0.150. The van der Waals surface area contributed by atoms with Crippen LogP contribution in [0.5, 0.6) is 0 Å². The minimum atomic E-state index is -0.854. The summed E-state index contributed by atoms with van der Waals surface area (Å²) in [6.07, 6.45) is 1.71. The SMILES string of the molecule is CCNC(=O)Nc1cc2cccc(Nc3ccc(CC(=O)O)cc3)c2cn1. The van der Waals surface area contributed by atoms with Gasteiger partial charge in [0.05, 0.1) is 6.42 Å². The maximum absolute atomic E-state index is 11.6. The van der Waals surface area contributed by atoms with E-state index in [2.05, 4.69) is 20.9 Å². The highest BCUT2D eigenvalue weighted by Crippen LogP contribution is 2.27. The lowest BCUT2D eigenvalue weighted by molar-refractivity contribution is -0.136. The van der Waals surface area contributed by atoms with Crippen molar-refractivity contribution in [2.75, 3.05) is 17.2 Å². The third-order valence-electron chi connectivity index (χ3n) is 3.93. The highest BCUT2D eigenvalue weighted by molar-refractivity contribution is 5.97. The van der Waals surface area contributed by atoms with E-state index in [1.165, 1.54) is 0 Å². The normalized spacial score (nSPS) is 10.4. The first-order valence-electron chi connectivity index (χ1n) is 8.56. The van der Waals surface area contributed by atoms with E-state index in [1.807, 2.05) is 43.3 Å². The second-order valence-electron chi connectivity index (χ2n) is 5.97. The van der Waals surface area contributed by atoms with Crippen molar-refractivity contribution in [2.24, 2.45) is 0 Å². The third-order valence-corrected chi connectivity index (χ3v) is 3.93. The van der Waals surface area contributed by atoms with E-state index in [9.17, 15) is 9.59 Å². The van der Waals surface area contributed by atoms with Gasteiger partial charge in [-0.1, -0.05) is 24.3 Å². The number of aromatic nitrogens is 1. The van der Waals surface area contributed by atoms with Gasteiger partial charge in [-0.25, -0.2) is 9.78 Å². The monoisotopic (exact) mass is 364 g/mol. The number of carboxylic acids is 1. The van der Waals surface area contributed by atoms with Crippen LogP contribution in [0.15, 0.2) is 54.7 Å². The van der Waals surface area contributed by atoms with Crippen molar-refractivity contribution in [3.8, 4) is 0 Å². The Balaban J connectivity index is 1.80. The maximum Gasteiger partial charge on any atom is 0.320 e. The fourth-order valence-corrected chi connectivity index (χ4v) is 2.71. The van der Waals surface area contributed by atoms with Gasteiger partial charge in [-0.2, -0.15) is 0 Å². The number of fused-ring (bicyclic) bond motifs is 1. The Labute approximate surface area is 156 Å². The minimum Gasteiger partial charge on any atom is -0.481 e. The lowest BCUT2D eigenvalue weighted by atomic mass is 10.1. The predicted octanol–water partition coefficient (Wildman–Crippen LogP) is 3.75. The molecule has 0 radical (unpaired) electrons. The van der Waals surface area contributed by atoms with E-state index < -0.39 is 5.97 Å². The summed E-state index contributed by atoms with van der Waals surface area (Å²) in [5.74, 6) is -0.378. The molecular weight excluding hydrogens is 344 g/mol. The van der Waals surface area contributed by atoms with E-state index in [-0.39, 0.29) is 12.5 Å². The molecule has 1 aromatic heterocycles. The first kappa shape index (κ1) is 18.2. The summed E-state index contributed by atoms with van der Waals surface area (Å²) in [6.45, 7) is 2.39. The molecule has 3 rings (SSSR count). The molecule has 138 valence electrons. The molecule has 7 nitrogen and oxygen atoms in total. The summed E-state index contributed by atoms with van der Waals surface area (Å²) in [6, 6.07) is 14.6. The summed E-state index contributed by atoms with van der Waals surface area (Å²) >= 11 is 0. The molecule has 2 aromatic carbocycles. The number of pyridine rings is 1. The number of rotatable bonds is 6. The topological polar surface area (TPSA) is 103 Å². The Bertz CT molecular complexity index is 971. The van der Waals surface area contributed by atoms with Gasteiger partial charge in [-0.15, -0.1) is 0 Å². The number of hydrogen-bond acceptors (Lipinski definition) is 4. The third kappa shape index (κ3) is 4.72. The van der Waals surface area contributed by atoms with Crippen molar-refractivity contribution in [3.05, 3.63) is 60.3 Å². The van der Waals surface area contributed by atoms with Gasteiger partial charge < -0.3 is 15.7 Å². The molecule has 0 aliphatic carbocycles. The first-order chi connectivity index (χ1) is 13.0. The minimum absolute atomic E-state index is 0.000146. The molecule has 7 heteroatoms. The lowest BCUT2D eigenvalue weighted by Gasteiger charge is -2.11. The number of nitrogens with one attached hydrogen (secondary N) is 3. The molecule has 3 aromatic rings. The molecular formula is C20H20N4O3. The number of carbonyl (C=O) groups excluding carboxylic acids is 1. The second kappa shape index (κ2) is 8.18. The Morgan fingerprint density at radius 3 is 2.59 bits per heavy atom. The van der Waals surface area contributed by atoms with Gasteiger partial charge in [0.2, 0.25) is 0 Å². The number of benzene rings is 2. The molecule has 2 amide bonds. The molecule has 4 N–H and O–H groups in total. The van der Waals surface area contributed by atoms with Gasteiger partial charge in [0.1, 0.15) is 5.82 Å². The number of anilines is 3. The van der Waals surface area contributed by atoms with Gasteiger partial charge in [-0.05, 0) is 42.1 Å². The number of aliphatic carboxylic acids is 1. The van der Waals surface area contributed by atoms with Crippen LogP contribution in [0.4, 0.5) is 22.0 Å². The Kier molecular flexibility index (Phi) is 5.51. The highest BCUT2D eigenvalue weighted by atomic mass is 16.4. The largest absolute Gasteiger partial charge is 0.481 e. The molecule has 0 bridgehead atoms. The summed E-state index contributed by atoms with van der Waals surface area (Å²) in [5, 5.41) is 19.4. The quantitative estimate of drug-likeness (QED) is 0.533. The van der Waals surface area contributed by atoms with E-state index in [4.69, 9.17) is 5.11 Å². The van der Waals surface area contributed by atoms with Crippen LogP contribution in [0.25, 0.3) is 10.8 Å². The number of carbonyl (C=O) groups is 2. The van der Waals surface area contributed by atoms with E-state index in [0.717, 1.165) is 27.7 Å². The number of carboxylic acid groups (broad SMARTS) is 1. The highest BCUT2D eigenvalue weighted by Gasteiger charge is 2.06. The standard InChI is InChI=1S/C20H20N4O3/c1-2-21-20(27)24-18-11-14-4-3-5-17(16(14)12-22-18)23-15-8-6-13(7-9-15)10-19(25)26/h3-9,11-12,23H,2,10H2,1H3,(H,25,26)(H2,21,22,24,27). The van der Waals surface area contributed by atoms with Crippen LogP contribution < -0.4 is 16.0 Å². The summed E-state index contributed by atoms with van der Waals surface area (Å²) in [5.41, 5.74) is 2.46. The maximum atomic E-state index is 11.6. The van der Waals surface area contributed by atoms with Gasteiger partial charge in [0, 0.05) is 29.5 Å². The van der Waals surface area contributed by atoms with E-state index in [1.54, 1.807) is 18.3 Å². The predicted molar refractivity (Wildman–Crippen MR) is 106 cm³/mol. The smallest absolute Gasteiger partial charge is 0.320 e. The van der Waals surface area contributed by atoms with Crippen molar-refractivity contribution in [1.82, 2.24) is 10.3 Å². The fourth-order valence-electron chi connectivity index (χ4n) is 2.71. The zero-order valence-corrected chi connectivity index (χ0v) is 14.8. The molecule has 27 heavy (non-hydrogen) atoms. The number of amides is 2. The molecule has 0 spiro atoms. The summed E-state index contributed by atoms with van der Waals surface area (Å²) in [7, 11) is 0. The van der Waals surface area contributed by atoms with E-state index in [0.29, 0.717) is 12.4 Å². The molecule has 0 unspecified atom stereocenters. The molecule has 0 aliphatic rings. The molecule has 1 heterocycles.